The van der Waals surface area contributed by atoms with Crippen molar-refractivity contribution >= 4 is 17.9 Å². The van der Waals surface area contributed by atoms with E-state index >= 15 is 0 Å². The number of nitriles is 1. The van der Waals surface area contributed by atoms with Gasteiger partial charge in [-0.25, -0.2) is 4.79 Å². The zero-order chi connectivity index (χ0) is 28.3. The molecule has 0 saturated carbocycles. The van der Waals surface area contributed by atoms with Gasteiger partial charge in [-0.1, -0.05) is 67.4 Å². The number of hydrogen-bond acceptors (Lipinski definition) is 5. The van der Waals surface area contributed by atoms with Crippen LogP contribution in [0, 0.1) is 25.2 Å². The molecular formula is C30H40N4O4. The van der Waals surface area contributed by atoms with Crippen molar-refractivity contribution in [3.8, 4) is 6.07 Å². The fraction of sp³-hybridized carbons (Fsp3) is 0.467. The zero-order valence-electron chi connectivity index (χ0n) is 23.3. The molecule has 0 spiro atoms. The molecule has 38 heavy (non-hydrogen) atoms. The third-order valence-corrected chi connectivity index (χ3v) is 5.91. The van der Waals surface area contributed by atoms with Crippen LogP contribution in [0.3, 0.4) is 0 Å². The molecule has 2 aromatic rings. The molecule has 204 valence electrons. The van der Waals surface area contributed by atoms with E-state index in [9.17, 15) is 19.6 Å². The van der Waals surface area contributed by atoms with E-state index in [0.29, 0.717) is 12.1 Å². The molecule has 0 fully saturated rings. The normalized spacial score (nSPS) is 12.6. The molecule has 0 aromatic heterocycles. The van der Waals surface area contributed by atoms with Gasteiger partial charge in [-0.2, -0.15) is 5.26 Å². The van der Waals surface area contributed by atoms with Gasteiger partial charge in [0.1, 0.15) is 24.2 Å². The van der Waals surface area contributed by atoms with Crippen molar-refractivity contribution in [2.75, 3.05) is 13.1 Å². The van der Waals surface area contributed by atoms with Crippen LogP contribution in [0.1, 0.15) is 68.8 Å². The first-order valence-corrected chi connectivity index (χ1v) is 13.0. The predicted molar refractivity (Wildman–Crippen MR) is 147 cm³/mol. The maximum absolute atomic E-state index is 14.1. The van der Waals surface area contributed by atoms with Crippen molar-refractivity contribution in [2.24, 2.45) is 0 Å². The van der Waals surface area contributed by atoms with Crippen LogP contribution in [0.5, 0.6) is 0 Å². The maximum Gasteiger partial charge on any atom is 0.408 e. The number of rotatable bonds is 11. The number of ether oxygens (including phenoxy) is 1. The van der Waals surface area contributed by atoms with Crippen LogP contribution in [0.25, 0.3) is 0 Å². The minimum atomic E-state index is -1.06. The zero-order valence-corrected chi connectivity index (χ0v) is 23.3. The molecule has 0 bridgehead atoms. The van der Waals surface area contributed by atoms with E-state index in [1.165, 1.54) is 4.90 Å². The van der Waals surface area contributed by atoms with Gasteiger partial charge in [0.2, 0.25) is 11.8 Å². The van der Waals surface area contributed by atoms with E-state index in [0.717, 1.165) is 29.5 Å². The molecule has 0 aliphatic rings. The lowest BCUT2D eigenvalue weighted by Gasteiger charge is -2.33. The van der Waals surface area contributed by atoms with E-state index in [2.05, 4.69) is 10.6 Å². The van der Waals surface area contributed by atoms with Crippen LogP contribution in [0.15, 0.2) is 48.5 Å². The number of carbonyl (C=O) groups excluding carboxylic acids is 3. The number of amides is 3. The van der Waals surface area contributed by atoms with Gasteiger partial charge in [0.05, 0.1) is 6.07 Å². The highest BCUT2D eigenvalue weighted by Gasteiger charge is 2.37. The lowest BCUT2D eigenvalue weighted by atomic mass is 9.95. The highest BCUT2D eigenvalue weighted by atomic mass is 16.6. The van der Waals surface area contributed by atoms with Crippen LogP contribution in [-0.4, -0.2) is 47.5 Å². The number of aryl methyl sites for hydroxylation is 2. The maximum atomic E-state index is 14.1. The van der Waals surface area contributed by atoms with E-state index in [4.69, 9.17) is 4.74 Å². The number of carbonyl (C=O) groups is 3. The van der Waals surface area contributed by atoms with Crippen LogP contribution in [0.2, 0.25) is 0 Å². The molecule has 0 aliphatic heterocycles. The number of unbranched alkanes of at least 4 members (excludes halogenated alkanes) is 1. The summed E-state index contributed by atoms with van der Waals surface area (Å²) in [6.07, 6.45) is 1.10. The molecule has 8 heteroatoms. The molecule has 3 amide bonds. The smallest absolute Gasteiger partial charge is 0.408 e. The molecule has 0 aliphatic carbocycles. The number of alkyl carbamates (subject to hydrolysis) is 1. The molecule has 2 N–H and O–H groups in total. The summed E-state index contributed by atoms with van der Waals surface area (Å²) in [5, 5.41) is 15.3. The second-order valence-electron chi connectivity index (χ2n) is 10.4. The summed E-state index contributed by atoms with van der Waals surface area (Å²) in [7, 11) is 0. The Labute approximate surface area is 226 Å². The Balaban J connectivity index is 2.54. The Morgan fingerprint density at radius 2 is 1.76 bits per heavy atom. The highest BCUT2D eigenvalue weighted by molar-refractivity contribution is 5.92. The summed E-state index contributed by atoms with van der Waals surface area (Å²) in [4.78, 5) is 41.7. The fourth-order valence-electron chi connectivity index (χ4n) is 4.06. The molecule has 2 unspecified atom stereocenters. The van der Waals surface area contributed by atoms with Gasteiger partial charge in [-0.3, -0.25) is 9.59 Å². The lowest BCUT2D eigenvalue weighted by Crippen LogP contribution is -2.54. The minimum absolute atomic E-state index is 0.165. The van der Waals surface area contributed by atoms with E-state index < -0.39 is 29.7 Å². The largest absolute Gasteiger partial charge is 0.444 e. The summed E-state index contributed by atoms with van der Waals surface area (Å²) in [6.45, 7) is 11.1. The first kappa shape index (κ1) is 30.4. The molecule has 0 radical (unpaired) electrons. The van der Waals surface area contributed by atoms with Crippen molar-refractivity contribution in [2.45, 2.75) is 78.5 Å². The Hall–Kier alpha value is -3.86. The molecule has 0 saturated heterocycles. The van der Waals surface area contributed by atoms with Gasteiger partial charge in [0.15, 0.2) is 0 Å². The average Bonchev–Trinajstić information content (AvgIpc) is 2.84. The fourth-order valence-corrected chi connectivity index (χ4v) is 4.06. The summed E-state index contributed by atoms with van der Waals surface area (Å²) in [6, 6.07) is 14.9. The van der Waals surface area contributed by atoms with Crippen molar-refractivity contribution in [3.05, 3.63) is 70.8 Å². The quantitative estimate of drug-likeness (QED) is 0.328. The van der Waals surface area contributed by atoms with Crippen molar-refractivity contribution in [3.63, 3.8) is 0 Å². The second-order valence-corrected chi connectivity index (χ2v) is 10.4. The monoisotopic (exact) mass is 520 g/mol. The van der Waals surface area contributed by atoms with Gasteiger partial charge in [-0.15, -0.1) is 0 Å². The number of nitrogens with one attached hydrogen (secondary N) is 2. The summed E-state index contributed by atoms with van der Waals surface area (Å²) in [5.74, 6) is -0.913. The molecule has 2 atom stereocenters. The molecule has 0 heterocycles. The Bertz CT molecular complexity index is 1140. The Morgan fingerprint density at radius 3 is 2.37 bits per heavy atom. The minimum Gasteiger partial charge on any atom is -0.444 e. The highest BCUT2D eigenvalue weighted by Crippen LogP contribution is 2.27. The molecular weight excluding hydrogens is 480 g/mol. The lowest BCUT2D eigenvalue weighted by molar-refractivity contribution is -0.141. The summed E-state index contributed by atoms with van der Waals surface area (Å²) < 4.78 is 5.42. The number of benzene rings is 2. The Kier molecular flexibility index (Phi) is 11.3. The van der Waals surface area contributed by atoms with E-state index in [1.54, 1.807) is 20.8 Å². The number of hydrogen-bond donors (Lipinski definition) is 2. The van der Waals surface area contributed by atoms with Crippen LogP contribution in [0.4, 0.5) is 4.79 Å². The molecule has 2 rings (SSSR count). The Morgan fingerprint density at radius 1 is 1.08 bits per heavy atom. The first-order chi connectivity index (χ1) is 18.0. The third kappa shape index (κ3) is 9.22. The van der Waals surface area contributed by atoms with Gasteiger partial charge < -0.3 is 20.3 Å². The van der Waals surface area contributed by atoms with E-state index in [-0.39, 0.29) is 18.9 Å². The number of nitrogens with zero attached hydrogens (tertiary/aromatic N) is 2. The van der Waals surface area contributed by atoms with Gasteiger partial charge in [-0.05, 0) is 57.7 Å². The predicted octanol–water partition coefficient (Wildman–Crippen LogP) is 4.75. The van der Waals surface area contributed by atoms with E-state index in [1.807, 2.05) is 75.4 Å². The first-order valence-electron chi connectivity index (χ1n) is 13.0. The van der Waals surface area contributed by atoms with Gasteiger partial charge in [0, 0.05) is 13.0 Å². The van der Waals surface area contributed by atoms with Crippen molar-refractivity contribution in [1.82, 2.24) is 15.5 Å². The van der Waals surface area contributed by atoms with Crippen LogP contribution < -0.4 is 10.6 Å². The summed E-state index contributed by atoms with van der Waals surface area (Å²) >= 11 is 0. The summed E-state index contributed by atoms with van der Waals surface area (Å²) in [5.41, 5.74) is 2.43. The van der Waals surface area contributed by atoms with Crippen LogP contribution >= 0.6 is 0 Å². The van der Waals surface area contributed by atoms with Crippen molar-refractivity contribution in [1.29, 1.82) is 5.26 Å². The topological polar surface area (TPSA) is 112 Å². The molecule has 2 aromatic carbocycles. The average molecular weight is 521 g/mol. The second kappa shape index (κ2) is 14.2. The van der Waals surface area contributed by atoms with Gasteiger partial charge >= 0.3 is 6.09 Å². The third-order valence-electron chi connectivity index (χ3n) is 5.91. The van der Waals surface area contributed by atoms with Crippen molar-refractivity contribution < 1.29 is 19.1 Å². The SMILES string of the molecule is CCCCNC(=O)C(c1cc(C)ccc1C)N(CC#N)C(=O)C(Cc1ccccc1)NC(=O)OC(C)(C)C. The standard InChI is InChI=1S/C30H40N4O4/c1-7-8-17-32-27(35)26(24-19-21(2)14-15-22(24)3)34(18-16-31)28(36)25(20-23-12-10-9-11-13-23)33-29(37)38-30(4,5)6/h9-15,19,25-26H,7-8,17-18,20H2,1-6H3,(H,32,35)(H,33,37). The van der Waals surface area contributed by atoms with Crippen LogP contribution in [-0.2, 0) is 20.7 Å². The van der Waals surface area contributed by atoms with Gasteiger partial charge in [0.25, 0.3) is 0 Å². The molecule has 8 nitrogen and oxygen atoms in total.